The SMILES string of the molecule is C[C@H](O)C(=O)N1CC(O)CC1CO. The second kappa shape index (κ2) is 4.04. The number of nitrogens with zero attached hydrogens (tertiary/aromatic N) is 1. The summed E-state index contributed by atoms with van der Waals surface area (Å²) in [6, 6.07) is -0.350. The van der Waals surface area contributed by atoms with Crippen LogP contribution in [-0.4, -0.2) is 57.5 Å². The molecule has 0 radical (unpaired) electrons. The third-order valence-corrected chi connectivity index (χ3v) is 2.24. The normalized spacial score (nSPS) is 30.6. The van der Waals surface area contributed by atoms with Crippen molar-refractivity contribution >= 4 is 5.91 Å². The molecule has 1 fully saturated rings. The summed E-state index contributed by atoms with van der Waals surface area (Å²) in [5.74, 6) is -0.435. The van der Waals surface area contributed by atoms with E-state index in [1.807, 2.05) is 0 Å². The number of amides is 1. The Morgan fingerprint density at radius 1 is 1.69 bits per heavy atom. The summed E-state index contributed by atoms with van der Waals surface area (Å²) >= 11 is 0. The number of β-amino-alcohol motifs (C(OH)–C–C–N with tert-alkyl or cyclic N) is 1. The Balaban J connectivity index is 2.62. The highest BCUT2D eigenvalue weighted by Crippen LogP contribution is 2.18. The predicted molar refractivity (Wildman–Crippen MR) is 44.9 cm³/mol. The van der Waals surface area contributed by atoms with Gasteiger partial charge in [-0.2, -0.15) is 0 Å². The molecule has 0 aromatic carbocycles. The van der Waals surface area contributed by atoms with E-state index in [0.29, 0.717) is 6.42 Å². The summed E-state index contributed by atoms with van der Waals surface area (Å²) in [6.07, 6.45) is -1.27. The lowest BCUT2D eigenvalue weighted by Crippen LogP contribution is -2.42. The maximum Gasteiger partial charge on any atom is 0.251 e. The zero-order valence-corrected chi connectivity index (χ0v) is 7.55. The topological polar surface area (TPSA) is 81.0 Å². The monoisotopic (exact) mass is 189 g/mol. The Morgan fingerprint density at radius 2 is 2.31 bits per heavy atom. The summed E-state index contributed by atoms with van der Waals surface area (Å²) in [5, 5.41) is 27.2. The highest BCUT2D eigenvalue weighted by Gasteiger charge is 2.34. The van der Waals surface area contributed by atoms with Crippen molar-refractivity contribution in [2.24, 2.45) is 0 Å². The van der Waals surface area contributed by atoms with Crippen molar-refractivity contribution in [3.63, 3.8) is 0 Å². The Hall–Kier alpha value is -0.650. The van der Waals surface area contributed by atoms with Crippen LogP contribution in [0, 0.1) is 0 Å². The van der Waals surface area contributed by atoms with Gasteiger partial charge in [-0.05, 0) is 13.3 Å². The minimum Gasteiger partial charge on any atom is -0.394 e. The van der Waals surface area contributed by atoms with E-state index < -0.39 is 18.1 Å². The highest BCUT2D eigenvalue weighted by molar-refractivity contribution is 5.80. The van der Waals surface area contributed by atoms with Gasteiger partial charge in [-0.25, -0.2) is 0 Å². The molecule has 5 nitrogen and oxygen atoms in total. The van der Waals surface area contributed by atoms with Crippen molar-refractivity contribution in [2.45, 2.75) is 31.6 Å². The van der Waals surface area contributed by atoms with Gasteiger partial charge in [0.25, 0.3) is 5.91 Å². The van der Waals surface area contributed by atoms with Crippen LogP contribution in [-0.2, 0) is 4.79 Å². The number of hydrogen-bond donors (Lipinski definition) is 3. The van der Waals surface area contributed by atoms with Crippen LogP contribution in [0.3, 0.4) is 0 Å². The molecule has 1 saturated heterocycles. The first-order valence-electron chi connectivity index (χ1n) is 4.33. The zero-order chi connectivity index (χ0) is 10.0. The molecule has 76 valence electrons. The molecule has 13 heavy (non-hydrogen) atoms. The molecule has 1 heterocycles. The predicted octanol–water partition coefficient (Wildman–Crippen LogP) is -1.68. The quantitative estimate of drug-likeness (QED) is 0.484. The lowest BCUT2D eigenvalue weighted by Gasteiger charge is -2.23. The number of aliphatic hydroxyl groups excluding tert-OH is 3. The van der Waals surface area contributed by atoms with Crippen LogP contribution >= 0.6 is 0 Å². The van der Waals surface area contributed by atoms with E-state index in [1.54, 1.807) is 0 Å². The van der Waals surface area contributed by atoms with Gasteiger partial charge in [-0.3, -0.25) is 4.79 Å². The Kier molecular flexibility index (Phi) is 3.24. The number of hydrogen-bond acceptors (Lipinski definition) is 4. The van der Waals surface area contributed by atoms with E-state index >= 15 is 0 Å². The smallest absolute Gasteiger partial charge is 0.251 e. The van der Waals surface area contributed by atoms with Crippen molar-refractivity contribution < 1.29 is 20.1 Å². The molecular formula is C8H15NO4. The second-order valence-corrected chi connectivity index (χ2v) is 3.39. The third-order valence-electron chi connectivity index (χ3n) is 2.24. The molecule has 3 atom stereocenters. The summed E-state index contributed by atoms with van der Waals surface area (Å²) in [6.45, 7) is 1.41. The lowest BCUT2D eigenvalue weighted by molar-refractivity contribution is -0.141. The molecule has 0 aliphatic carbocycles. The van der Waals surface area contributed by atoms with Crippen LogP contribution in [0.1, 0.15) is 13.3 Å². The Labute approximate surface area is 76.6 Å². The van der Waals surface area contributed by atoms with Crippen molar-refractivity contribution in [3.05, 3.63) is 0 Å². The molecule has 0 aromatic heterocycles. The van der Waals surface area contributed by atoms with E-state index in [4.69, 9.17) is 10.2 Å². The molecule has 2 unspecified atom stereocenters. The number of carbonyl (C=O) groups excluding carboxylic acids is 1. The minimum absolute atomic E-state index is 0.171. The van der Waals surface area contributed by atoms with Gasteiger partial charge in [0.1, 0.15) is 6.10 Å². The second-order valence-electron chi connectivity index (χ2n) is 3.39. The van der Waals surface area contributed by atoms with Crippen LogP contribution in [0.4, 0.5) is 0 Å². The first-order chi connectivity index (χ1) is 6.06. The fourth-order valence-corrected chi connectivity index (χ4v) is 1.57. The Bertz CT molecular complexity index is 195. The van der Waals surface area contributed by atoms with Gasteiger partial charge in [-0.15, -0.1) is 0 Å². The van der Waals surface area contributed by atoms with Crippen molar-refractivity contribution in [3.8, 4) is 0 Å². The molecule has 1 rings (SSSR count). The standard InChI is InChI=1S/C8H15NO4/c1-5(11)8(13)9-3-7(12)2-6(9)4-10/h5-7,10-12H,2-4H2,1H3/t5-,6?,7?/m0/s1. The maximum absolute atomic E-state index is 11.3. The molecule has 0 aromatic rings. The maximum atomic E-state index is 11.3. The largest absolute Gasteiger partial charge is 0.394 e. The molecule has 1 amide bonds. The van der Waals surface area contributed by atoms with Crippen molar-refractivity contribution in [1.29, 1.82) is 0 Å². The Morgan fingerprint density at radius 3 is 2.77 bits per heavy atom. The number of rotatable bonds is 2. The van der Waals surface area contributed by atoms with Crippen molar-refractivity contribution in [2.75, 3.05) is 13.2 Å². The van der Waals surface area contributed by atoms with Gasteiger partial charge in [0.2, 0.25) is 0 Å². The van der Waals surface area contributed by atoms with Crippen LogP contribution in [0.5, 0.6) is 0 Å². The molecular weight excluding hydrogens is 174 g/mol. The van der Waals surface area contributed by atoms with Gasteiger partial charge in [-0.1, -0.05) is 0 Å². The third kappa shape index (κ3) is 2.18. The van der Waals surface area contributed by atoms with Crippen molar-refractivity contribution in [1.82, 2.24) is 4.90 Å². The average molecular weight is 189 g/mol. The van der Waals surface area contributed by atoms with Crippen LogP contribution in [0.15, 0.2) is 0 Å². The van der Waals surface area contributed by atoms with Gasteiger partial charge in [0, 0.05) is 6.54 Å². The van der Waals surface area contributed by atoms with Gasteiger partial charge < -0.3 is 20.2 Å². The van der Waals surface area contributed by atoms with Crippen LogP contribution in [0.2, 0.25) is 0 Å². The van der Waals surface area contributed by atoms with Gasteiger partial charge in [0.15, 0.2) is 0 Å². The fourth-order valence-electron chi connectivity index (χ4n) is 1.57. The van der Waals surface area contributed by atoms with E-state index in [1.165, 1.54) is 11.8 Å². The first-order valence-corrected chi connectivity index (χ1v) is 4.33. The van der Waals surface area contributed by atoms with Gasteiger partial charge >= 0.3 is 0 Å². The fraction of sp³-hybridized carbons (Fsp3) is 0.875. The summed E-state index contributed by atoms with van der Waals surface area (Å²) < 4.78 is 0. The average Bonchev–Trinajstić information content (AvgIpc) is 2.45. The van der Waals surface area contributed by atoms with Gasteiger partial charge in [0.05, 0.1) is 18.8 Å². The molecule has 3 N–H and O–H groups in total. The first kappa shape index (κ1) is 10.4. The molecule has 0 spiro atoms. The van der Waals surface area contributed by atoms with Crippen LogP contribution < -0.4 is 0 Å². The minimum atomic E-state index is -1.07. The van der Waals surface area contributed by atoms with E-state index in [2.05, 4.69) is 0 Å². The van der Waals surface area contributed by atoms with Crippen LogP contribution in [0.25, 0.3) is 0 Å². The summed E-state index contributed by atoms with van der Waals surface area (Å²) in [4.78, 5) is 12.6. The van der Waals surface area contributed by atoms with E-state index in [-0.39, 0.29) is 19.2 Å². The van der Waals surface area contributed by atoms with E-state index in [0.717, 1.165) is 0 Å². The highest BCUT2D eigenvalue weighted by atomic mass is 16.3. The summed E-state index contributed by atoms with van der Waals surface area (Å²) in [7, 11) is 0. The number of aliphatic hydroxyl groups is 3. The van der Waals surface area contributed by atoms with E-state index in [9.17, 15) is 9.90 Å². The number of likely N-dealkylation sites (tertiary alicyclic amines) is 1. The lowest BCUT2D eigenvalue weighted by atomic mass is 10.2. The molecule has 1 aliphatic rings. The summed E-state index contributed by atoms with van der Waals surface area (Å²) in [5.41, 5.74) is 0. The number of carbonyl (C=O) groups is 1. The molecule has 5 heteroatoms. The molecule has 0 bridgehead atoms. The zero-order valence-electron chi connectivity index (χ0n) is 7.55. The molecule has 1 aliphatic heterocycles. The molecule has 0 saturated carbocycles.